The lowest BCUT2D eigenvalue weighted by Crippen LogP contribution is -2.05. The molecule has 0 fully saturated rings. The fraction of sp³-hybridized carbons (Fsp3) is 0.273. The molecule has 0 aliphatic rings. The molecular weight excluding hydrogens is 259 g/mol. The van der Waals surface area contributed by atoms with Crippen molar-refractivity contribution in [3.05, 3.63) is 34.3 Å². The normalized spacial score (nSPS) is 10.6. The number of anilines is 1. The predicted molar refractivity (Wildman–Crippen MR) is 70.3 cm³/mol. The van der Waals surface area contributed by atoms with E-state index in [1.165, 1.54) is 0 Å². The average Bonchev–Trinajstić information content (AvgIpc) is 2.69. The maximum atomic E-state index is 6.14. The second-order valence-corrected chi connectivity index (χ2v) is 4.31. The van der Waals surface area contributed by atoms with Crippen molar-refractivity contribution in [3.8, 4) is 5.82 Å². The first-order valence-corrected chi connectivity index (χ1v) is 5.99. The molecular formula is C11H12Cl2N4. The molecule has 2 heterocycles. The van der Waals surface area contributed by atoms with Gasteiger partial charge in [-0.15, -0.1) is 0 Å². The molecule has 0 saturated heterocycles. The summed E-state index contributed by atoms with van der Waals surface area (Å²) in [4.78, 5) is 8.56. The minimum Gasteiger partial charge on any atom is -0.369 e. The quantitative estimate of drug-likeness (QED) is 0.931. The van der Waals surface area contributed by atoms with Gasteiger partial charge in [-0.3, -0.25) is 4.57 Å². The molecule has 0 saturated carbocycles. The van der Waals surface area contributed by atoms with E-state index in [1.54, 1.807) is 12.3 Å². The number of aromatic nitrogens is 3. The van der Waals surface area contributed by atoms with Crippen LogP contribution in [-0.2, 0) is 0 Å². The Morgan fingerprint density at radius 1 is 1.35 bits per heavy atom. The molecule has 2 rings (SSSR count). The van der Waals surface area contributed by atoms with Gasteiger partial charge in [0.25, 0.3) is 0 Å². The predicted octanol–water partition coefficient (Wildman–Crippen LogP) is 3.31. The lowest BCUT2D eigenvalue weighted by molar-refractivity contribution is 0.931. The van der Waals surface area contributed by atoms with E-state index in [0.717, 1.165) is 12.4 Å². The lowest BCUT2D eigenvalue weighted by Gasteiger charge is -2.11. The third kappa shape index (κ3) is 2.37. The number of halogens is 2. The van der Waals surface area contributed by atoms with E-state index in [2.05, 4.69) is 15.3 Å². The molecule has 0 aromatic carbocycles. The number of aryl methyl sites for hydroxylation is 1. The van der Waals surface area contributed by atoms with E-state index in [4.69, 9.17) is 23.2 Å². The van der Waals surface area contributed by atoms with E-state index < -0.39 is 0 Å². The fourth-order valence-corrected chi connectivity index (χ4v) is 2.04. The van der Waals surface area contributed by atoms with E-state index in [0.29, 0.717) is 21.7 Å². The Morgan fingerprint density at radius 3 is 2.71 bits per heavy atom. The summed E-state index contributed by atoms with van der Waals surface area (Å²) < 4.78 is 1.82. The van der Waals surface area contributed by atoms with E-state index in [9.17, 15) is 0 Å². The second-order valence-electron chi connectivity index (χ2n) is 3.50. The molecule has 0 radical (unpaired) electrons. The Bertz CT molecular complexity index is 536. The van der Waals surface area contributed by atoms with Crippen LogP contribution in [0.5, 0.6) is 0 Å². The Balaban J connectivity index is 2.54. The second kappa shape index (κ2) is 4.94. The molecule has 0 bridgehead atoms. The molecule has 0 spiro atoms. The molecule has 1 N–H and O–H groups in total. The lowest BCUT2D eigenvalue weighted by atomic mass is 10.4. The van der Waals surface area contributed by atoms with Crippen LogP contribution in [0.2, 0.25) is 10.0 Å². The van der Waals surface area contributed by atoms with Crippen LogP contribution < -0.4 is 5.32 Å². The number of hydrogen-bond donors (Lipinski definition) is 1. The van der Waals surface area contributed by atoms with Crippen molar-refractivity contribution in [2.75, 3.05) is 11.9 Å². The summed E-state index contributed by atoms with van der Waals surface area (Å²) in [5.74, 6) is 2.08. The van der Waals surface area contributed by atoms with Gasteiger partial charge in [-0.05, 0) is 19.9 Å². The van der Waals surface area contributed by atoms with Crippen molar-refractivity contribution >= 4 is 29.0 Å². The monoisotopic (exact) mass is 270 g/mol. The topological polar surface area (TPSA) is 42.7 Å². The summed E-state index contributed by atoms with van der Waals surface area (Å²) in [5, 5.41) is 4.10. The molecule has 0 aliphatic heterocycles. The van der Waals surface area contributed by atoms with Crippen LogP contribution in [0.25, 0.3) is 5.82 Å². The van der Waals surface area contributed by atoms with Gasteiger partial charge < -0.3 is 5.32 Å². The van der Waals surface area contributed by atoms with Gasteiger partial charge in [0.2, 0.25) is 0 Å². The van der Waals surface area contributed by atoms with Crippen LogP contribution in [-0.4, -0.2) is 21.1 Å². The van der Waals surface area contributed by atoms with E-state index in [-0.39, 0.29) is 0 Å². The van der Waals surface area contributed by atoms with Gasteiger partial charge in [-0.25, -0.2) is 9.97 Å². The van der Waals surface area contributed by atoms with Gasteiger partial charge in [-0.2, -0.15) is 0 Å². The Morgan fingerprint density at radius 2 is 2.12 bits per heavy atom. The SMILES string of the molecule is CCNc1nc(-n2ccnc2C)c(Cl)cc1Cl. The first-order chi connectivity index (χ1) is 8.13. The van der Waals surface area contributed by atoms with Crippen molar-refractivity contribution in [1.82, 2.24) is 14.5 Å². The van der Waals surface area contributed by atoms with Crippen LogP contribution in [0.3, 0.4) is 0 Å². The summed E-state index contributed by atoms with van der Waals surface area (Å²) in [6.07, 6.45) is 3.52. The van der Waals surface area contributed by atoms with Crippen molar-refractivity contribution in [1.29, 1.82) is 0 Å². The number of hydrogen-bond acceptors (Lipinski definition) is 3. The third-order valence-corrected chi connectivity index (χ3v) is 2.88. The Labute approximate surface area is 110 Å². The Kier molecular flexibility index (Phi) is 3.54. The van der Waals surface area contributed by atoms with Gasteiger partial charge in [0, 0.05) is 18.9 Å². The van der Waals surface area contributed by atoms with Crippen LogP contribution in [0.4, 0.5) is 5.82 Å². The van der Waals surface area contributed by atoms with Crippen LogP contribution in [0, 0.1) is 6.92 Å². The zero-order chi connectivity index (χ0) is 12.4. The third-order valence-electron chi connectivity index (χ3n) is 2.31. The molecule has 90 valence electrons. The number of imidazole rings is 1. The fourth-order valence-electron chi connectivity index (χ4n) is 1.52. The summed E-state index contributed by atoms with van der Waals surface area (Å²) in [5.41, 5.74) is 0. The highest BCUT2D eigenvalue weighted by Crippen LogP contribution is 2.28. The van der Waals surface area contributed by atoms with Crippen molar-refractivity contribution in [2.45, 2.75) is 13.8 Å². The van der Waals surface area contributed by atoms with Crippen molar-refractivity contribution in [3.63, 3.8) is 0 Å². The molecule has 0 unspecified atom stereocenters. The Hall–Kier alpha value is -1.26. The molecule has 0 amide bonds. The molecule has 2 aromatic rings. The molecule has 0 aliphatic carbocycles. The largest absolute Gasteiger partial charge is 0.369 e. The minimum atomic E-state index is 0.498. The molecule has 2 aromatic heterocycles. The summed E-state index contributed by atoms with van der Waals surface area (Å²) in [6, 6.07) is 1.68. The van der Waals surface area contributed by atoms with Gasteiger partial charge in [-0.1, -0.05) is 23.2 Å². The van der Waals surface area contributed by atoms with Gasteiger partial charge >= 0.3 is 0 Å². The van der Waals surface area contributed by atoms with Gasteiger partial charge in [0.15, 0.2) is 5.82 Å². The molecule has 0 atom stereocenters. The number of rotatable bonds is 3. The standard InChI is InChI=1S/C11H12Cl2N4/c1-3-14-10-8(12)6-9(13)11(16-10)17-5-4-15-7(17)2/h4-6H,3H2,1-2H3,(H,14,16). The van der Waals surface area contributed by atoms with Gasteiger partial charge in [0.1, 0.15) is 11.6 Å². The smallest absolute Gasteiger partial charge is 0.159 e. The van der Waals surface area contributed by atoms with Crippen molar-refractivity contribution < 1.29 is 0 Å². The van der Waals surface area contributed by atoms with E-state index in [1.807, 2.05) is 24.6 Å². The number of nitrogens with zero attached hydrogens (tertiary/aromatic N) is 3. The molecule has 6 heteroatoms. The van der Waals surface area contributed by atoms with Gasteiger partial charge in [0.05, 0.1) is 10.0 Å². The number of pyridine rings is 1. The highest BCUT2D eigenvalue weighted by molar-refractivity contribution is 6.36. The first-order valence-electron chi connectivity index (χ1n) is 5.23. The number of nitrogens with one attached hydrogen (secondary N) is 1. The first kappa shape index (κ1) is 12.2. The maximum absolute atomic E-state index is 6.14. The zero-order valence-electron chi connectivity index (χ0n) is 9.54. The highest BCUT2D eigenvalue weighted by atomic mass is 35.5. The van der Waals surface area contributed by atoms with Crippen molar-refractivity contribution in [2.24, 2.45) is 0 Å². The molecule has 17 heavy (non-hydrogen) atoms. The highest BCUT2D eigenvalue weighted by Gasteiger charge is 2.11. The minimum absolute atomic E-state index is 0.498. The summed E-state index contributed by atoms with van der Waals surface area (Å²) in [7, 11) is 0. The van der Waals surface area contributed by atoms with Crippen LogP contribution in [0.15, 0.2) is 18.5 Å². The summed E-state index contributed by atoms with van der Waals surface area (Å²) in [6.45, 7) is 4.62. The van der Waals surface area contributed by atoms with Crippen LogP contribution >= 0.6 is 23.2 Å². The zero-order valence-corrected chi connectivity index (χ0v) is 11.0. The van der Waals surface area contributed by atoms with E-state index >= 15 is 0 Å². The average molecular weight is 271 g/mol. The summed E-state index contributed by atoms with van der Waals surface area (Å²) >= 11 is 12.2. The van der Waals surface area contributed by atoms with Crippen LogP contribution in [0.1, 0.15) is 12.7 Å². The maximum Gasteiger partial charge on any atom is 0.159 e. The molecule has 4 nitrogen and oxygen atoms in total.